The van der Waals surface area contributed by atoms with Gasteiger partial charge in [0.25, 0.3) is 11.8 Å². The number of carbonyl (C=O) groups is 2. The molecule has 0 aliphatic carbocycles. The van der Waals surface area contributed by atoms with Gasteiger partial charge in [0.1, 0.15) is 0 Å². The van der Waals surface area contributed by atoms with E-state index in [1.54, 1.807) is 18.2 Å². The molecule has 1 saturated heterocycles. The van der Waals surface area contributed by atoms with Crippen LogP contribution in [-0.4, -0.2) is 52.3 Å². The van der Waals surface area contributed by atoms with Crippen molar-refractivity contribution in [3.63, 3.8) is 0 Å². The van der Waals surface area contributed by atoms with E-state index in [1.165, 1.54) is 6.20 Å². The fraction of sp³-hybridized carbons (Fsp3) is 0.320. The first-order valence-corrected chi connectivity index (χ1v) is 14.7. The second kappa shape index (κ2) is 11.0. The molecule has 0 radical (unpaired) electrons. The van der Waals surface area contributed by atoms with Crippen LogP contribution in [0.5, 0.6) is 0 Å². The number of rotatable bonds is 6. The van der Waals surface area contributed by atoms with Gasteiger partial charge in [-0.2, -0.15) is 5.10 Å². The Morgan fingerprint density at radius 3 is 2.49 bits per heavy atom. The SMILES string of the molecule is O=C(NC1CCN(CP2(=O)Cc3ccccc3CO2)CC1)c1n[nH]cc1NC(=O)c1c(Cl)cccc1Cl. The van der Waals surface area contributed by atoms with E-state index in [9.17, 15) is 14.2 Å². The average molecular weight is 562 g/mol. The Balaban J connectivity index is 1.14. The third kappa shape index (κ3) is 5.92. The molecule has 0 bridgehead atoms. The van der Waals surface area contributed by atoms with Crippen LogP contribution in [0.4, 0.5) is 5.69 Å². The summed E-state index contributed by atoms with van der Waals surface area (Å²) in [6.45, 7) is 1.76. The fourth-order valence-corrected chi connectivity index (χ4v) is 7.61. The molecule has 2 amide bonds. The topological polar surface area (TPSA) is 116 Å². The number of halogens is 2. The lowest BCUT2D eigenvalue weighted by Crippen LogP contribution is -2.45. The van der Waals surface area contributed by atoms with Crippen LogP contribution in [-0.2, 0) is 21.9 Å². The molecule has 12 heteroatoms. The van der Waals surface area contributed by atoms with Gasteiger partial charge >= 0.3 is 0 Å². The summed E-state index contributed by atoms with van der Waals surface area (Å²) in [6.07, 6.45) is 3.68. The number of H-pyrrole nitrogens is 1. The molecule has 3 N–H and O–H groups in total. The van der Waals surface area contributed by atoms with Crippen molar-refractivity contribution in [3.8, 4) is 0 Å². The van der Waals surface area contributed by atoms with Crippen LogP contribution < -0.4 is 10.6 Å². The van der Waals surface area contributed by atoms with Gasteiger partial charge in [-0.05, 0) is 36.1 Å². The highest BCUT2D eigenvalue weighted by molar-refractivity contribution is 7.58. The highest BCUT2D eigenvalue weighted by Crippen LogP contribution is 2.54. The number of piperidine rings is 1. The maximum Gasteiger partial charge on any atom is 0.274 e. The van der Waals surface area contributed by atoms with Crippen LogP contribution in [0.3, 0.4) is 0 Å². The minimum absolute atomic E-state index is 0.0673. The first-order chi connectivity index (χ1) is 17.8. The Hall–Kier alpha value is -2.68. The molecule has 1 fully saturated rings. The van der Waals surface area contributed by atoms with E-state index in [-0.39, 0.29) is 33.0 Å². The van der Waals surface area contributed by atoms with Crippen LogP contribution in [0.1, 0.15) is 44.8 Å². The smallest absolute Gasteiger partial charge is 0.274 e. The summed E-state index contributed by atoms with van der Waals surface area (Å²) in [5, 5.41) is 12.7. The minimum atomic E-state index is -2.79. The van der Waals surface area contributed by atoms with Crippen molar-refractivity contribution in [1.82, 2.24) is 20.4 Å². The first kappa shape index (κ1) is 25.9. The molecule has 0 saturated carbocycles. The number of benzene rings is 2. The molecule has 194 valence electrons. The molecule has 3 aromatic rings. The van der Waals surface area contributed by atoms with Crippen molar-refractivity contribution in [2.75, 3.05) is 24.7 Å². The molecule has 0 spiro atoms. The summed E-state index contributed by atoms with van der Waals surface area (Å²) in [5.41, 5.74) is 2.61. The molecular weight excluding hydrogens is 536 g/mol. The number of nitrogens with zero attached hydrogens (tertiary/aromatic N) is 2. The Morgan fingerprint density at radius 2 is 1.76 bits per heavy atom. The zero-order valence-electron chi connectivity index (χ0n) is 19.9. The molecule has 1 unspecified atom stereocenters. The number of hydrogen-bond donors (Lipinski definition) is 3. The van der Waals surface area contributed by atoms with Crippen molar-refractivity contribution in [1.29, 1.82) is 0 Å². The third-order valence-electron chi connectivity index (χ3n) is 6.62. The number of anilines is 1. The lowest BCUT2D eigenvalue weighted by atomic mass is 10.1. The first-order valence-electron chi connectivity index (χ1n) is 11.9. The summed E-state index contributed by atoms with van der Waals surface area (Å²) in [5.74, 6) is -0.943. The zero-order chi connectivity index (χ0) is 26.0. The van der Waals surface area contributed by atoms with Crippen LogP contribution in [0, 0.1) is 0 Å². The number of amides is 2. The molecule has 1 atom stereocenters. The molecule has 5 rings (SSSR count). The van der Waals surface area contributed by atoms with Gasteiger partial charge in [0, 0.05) is 25.3 Å². The van der Waals surface area contributed by atoms with Crippen LogP contribution in [0.15, 0.2) is 48.7 Å². The summed E-state index contributed by atoms with van der Waals surface area (Å²) >= 11 is 12.2. The minimum Gasteiger partial charge on any atom is -0.348 e. The molecule has 1 aromatic heterocycles. The Kier molecular flexibility index (Phi) is 7.70. The lowest BCUT2D eigenvalue weighted by molar-refractivity contribution is 0.0909. The van der Waals surface area contributed by atoms with E-state index in [1.807, 2.05) is 24.3 Å². The molecular formula is C25H26Cl2N5O4P. The molecule has 2 aliphatic rings. The van der Waals surface area contributed by atoms with Crippen molar-refractivity contribution in [2.24, 2.45) is 0 Å². The number of aromatic amines is 1. The Labute approximate surface area is 224 Å². The van der Waals surface area contributed by atoms with Crippen molar-refractivity contribution < 1.29 is 18.7 Å². The van der Waals surface area contributed by atoms with E-state index < -0.39 is 19.2 Å². The largest absolute Gasteiger partial charge is 0.348 e. The Morgan fingerprint density at radius 1 is 1.05 bits per heavy atom. The van der Waals surface area contributed by atoms with Crippen molar-refractivity contribution in [3.05, 3.63) is 81.1 Å². The number of carbonyl (C=O) groups excluding carboxylic acids is 2. The van der Waals surface area contributed by atoms with Gasteiger partial charge in [-0.3, -0.25) is 24.2 Å². The zero-order valence-corrected chi connectivity index (χ0v) is 22.3. The Bertz CT molecular complexity index is 1350. The van der Waals surface area contributed by atoms with Crippen LogP contribution >= 0.6 is 30.6 Å². The van der Waals surface area contributed by atoms with Gasteiger partial charge in [-0.15, -0.1) is 0 Å². The summed E-state index contributed by atoms with van der Waals surface area (Å²) in [6, 6.07) is 12.6. The third-order valence-corrected chi connectivity index (χ3v) is 9.50. The number of aromatic nitrogens is 2. The number of hydrogen-bond acceptors (Lipinski definition) is 6. The molecule has 37 heavy (non-hydrogen) atoms. The van der Waals surface area contributed by atoms with E-state index >= 15 is 0 Å². The van der Waals surface area contributed by atoms with Gasteiger partial charge in [0.05, 0.1) is 40.4 Å². The van der Waals surface area contributed by atoms with Gasteiger partial charge in [-0.1, -0.05) is 53.5 Å². The summed E-state index contributed by atoms with van der Waals surface area (Å²) in [7, 11) is -2.79. The standard InChI is InChI=1S/C25H26Cl2N5O4P/c26-19-6-3-7-20(27)22(19)24(33)30-21-12-28-31-23(21)25(34)29-18-8-10-32(11-9-18)15-37(35)14-17-5-2-1-4-16(17)13-36-37/h1-7,12,18H,8-11,13-15H2,(H,28,31)(H,29,34)(H,30,33). The van der Waals surface area contributed by atoms with E-state index in [4.69, 9.17) is 27.7 Å². The maximum atomic E-state index is 13.4. The normalized spacial score (nSPS) is 20.3. The van der Waals surface area contributed by atoms with Crippen molar-refractivity contribution in [2.45, 2.75) is 31.7 Å². The summed E-state index contributed by atoms with van der Waals surface area (Å²) in [4.78, 5) is 27.8. The summed E-state index contributed by atoms with van der Waals surface area (Å²) < 4.78 is 19.2. The predicted molar refractivity (Wildman–Crippen MR) is 142 cm³/mol. The number of nitrogens with one attached hydrogen (secondary N) is 3. The van der Waals surface area contributed by atoms with E-state index in [2.05, 4.69) is 25.7 Å². The van der Waals surface area contributed by atoms with Gasteiger partial charge in [0.15, 0.2) is 5.69 Å². The molecule has 9 nitrogen and oxygen atoms in total. The van der Waals surface area contributed by atoms with Gasteiger partial charge in [0.2, 0.25) is 7.37 Å². The van der Waals surface area contributed by atoms with Gasteiger partial charge < -0.3 is 15.2 Å². The molecule has 2 aromatic carbocycles. The second-order valence-corrected chi connectivity index (χ2v) is 12.5. The van der Waals surface area contributed by atoms with Crippen LogP contribution in [0.2, 0.25) is 10.0 Å². The highest BCUT2D eigenvalue weighted by Gasteiger charge is 2.33. The molecule has 2 aliphatic heterocycles. The van der Waals surface area contributed by atoms with Crippen LogP contribution in [0.25, 0.3) is 0 Å². The van der Waals surface area contributed by atoms with E-state index in [0.717, 1.165) is 11.1 Å². The quantitative estimate of drug-likeness (QED) is 0.359. The fourth-order valence-electron chi connectivity index (χ4n) is 4.67. The maximum absolute atomic E-state index is 13.4. The predicted octanol–water partition coefficient (Wildman–Crippen LogP) is 5.13. The van der Waals surface area contributed by atoms with Gasteiger partial charge in [-0.25, -0.2) is 0 Å². The highest BCUT2D eigenvalue weighted by atomic mass is 35.5. The monoisotopic (exact) mass is 561 g/mol. The number of likely N-dealkylation sites (tertiary alicyclic amines) is 1. The van der Waals surface area contributed by atoms with Crippen molar-refractivity contribution >= 4 is 48.1 Å². The van der Waals surface area contributed by atoms with E-state index in [0.29, 0.717) is 45.0 Å². The lowest BCUT2D eigenvalue weighted by Gasteiger charge is -2.35. The number of fused-ring (bicyclic) bond motifs is 1. The average Bonchev–Trinajstić information content (AvgIpc) is 3.33. The second-order valence-electron chi connectivity index (χ2n) is 9.22. The molecule has 3 heterocycles.